The Bertz CT molecular complexity index is 675. The summed E-state index contributed by atoms with van der Waals surface area (Å²) in [6.07, 6.45) is 12.9. The van der Waals surface area contributed by atoms with Gasteiger partial charge >= 0.3 is 5.97 Å². The quantitative estimate of drug-likeness (QED) is 0.563. The highest BCUT2D eigenvalue weighted by Crippen LogP contribution is 2.65. The molecule has 3 nitrogen and oxygen atoms in total. The molecule has 2 aliphatic heterocycles. The molecule has 12 atom stereocenters. The van der Waals surface area contributed by atoms with Gasteiger partial charge in [0.25, 0.3) is 0 Å². The first kappa shape index (κ1) is 19.1. The smallest absolute Gasteiger partial charge is 0.312 e. The van der Waals surface area contributed by atoms with Crippen LogP contribution in [0.3, 0.4) is 0 Å². The Kier molecular flexibility index (Phi) is 4.43. The van der Waals surface area contributed by atoms with Crippen molar-refractivity contribution in [3.63, 3.8) is 0 Å². The van der Waals surface area contributed by atoms with E-state index in [1.54, 1.807) is 0 Å². The van der Waals surface area contributed by atoms with Crippen LogP contribution in [0.4, 0.5) is 0 Å². The molecule has 4 aliphatic carbocycles. The fourth-order valence-electron chi connectivity index (χ4n) is 9.91. The lowest BCUT2D eigenvalue weighted by Crippen LogP contribution is -2.48. The summed E-state index contributed by atoms with van der Waals surface area (Å²) in [7, 11) is 0. The molecule has 0 aromatic rings. The van der Waals surface area contributed by atoms with Crippen molar-refractivity contribution in [2.75, 3.05) is 0 Å². The highest BCUT2D eigenvalue weighted by atomic mass is 16.6. The van der Waals surface area contributed by atoms with Crippen molar-refractivity contribution in [3.05, 3.63) is 0 Å². The molecule has 2 saturated heterocycles. The van der Waals surface area contributed by atoms with E-state index in [9.17, 15) is 4.79 Å². The monoisotopic (exact) mass is 400 g/mol. The zero-order valence-corrected chi connectivity index (χ0v) is 18.6. The molecule has 0 radical (unpaired) electrons. The van der Waals surface area contributed by atoms with Gasteiger partial charge in [0.2, 0.25) is 0 Å². The molecule has 6 rings (SSSR count). The van der Waals surface area contributed by atoms with E-state index in [4.69, 9.17) is 9.47 Å². The molecule has 0 amide bonds. The van der Waals surface area contributed by atoms with Gasteiger partial charge in [-0.3, -0.25) is 4.79 Å². The largest absolute Gasteiger partial charge is 0.458 e. The van der Waals surface area contributed by atoms with E-state index in [-0.39, 0.29) is 23.6 Å². The van der Waals surface area contributed by atoms with Gasteiger partial charge in [-0.2, -0.15) is 0 Å². The number of ether oxygens (including phenoxy) is 2. The third-order valence-corrected chi connectivity index (χ3v) is 11.0. The summed E-state index contributed by atoms with van der Waals surface area (Å²) in [6, 6.07) is 0. The fourth-order valence-corrected chi connectivity index (χ4v) is 9.91. The molecule has 12 unspecified atom stereocenters. The maximum atomic E-state index is 13.6. The maximum absolute atomic E-state index is 13.6. The van der Waals surface area contributed by atoms with Crippen molar-refractivity contribution in [3.8, 4) is 0 Å². The summed E-state index contributed by atoms with van der Waals surface area (Å²) in [5.74, 6) is 6.24. The van der Waals surface area contributed by atoms with Crippen LogP contribution in [-0.4, -0.2) is 23.8 Å². The van der Waals surface area contributed by atoms with Crippen LogP contribution >= 0.6 is 0 Å². The molecule has 0 N–H and O–H groups in total. The van der Waals surface area contributed by atoms with E-state index in [0.717, 1.165) is 48.9 Å². The van der Waals surface area contributed by atoms with Gasteiger partial charge in [-0.1, -0.05) is 40.0 Å². The number of carbonyl (C=O) groups excluding carboxylic acids is 1. The van der Waals surface area contributed by atoms with Crippen molar-refractivity contribution in [2.24, 2.45) is 53.3 Å². The molecule has 3 heteroatoms. The molecule has 0 aromatic carbocycles. The van der Waals surface area contributed by atoms with Gasteiger partial charge in [0.15, 0.2) is 0 Å². The predicted molar refractivity (Wildman–Crippen MR) is 112 cm³/mol. The van der Waals surface area contributed by atoms with Crippen LogP contribution in [0.15, 0.2) is 0 Å². The molecule has 29 heavy (non-hydrogen) atoms. The average Bonchev–Trinajstić information content (AvgIpc) is 3.53. The molecule has 4 saturated carbocycles. The van der Waals surface area contributed by atoms with Crippen molar-refractivity contribution in [2.45, 2.75) is 103 Å². The number of hydrogen-bond acceptors (Lipinski definition) is 3. The molecule has 6 fully saturated rings. The molecule has 0 aromatic heterocycles. The lowest BCUT2D eigenvalue weighted by atomic mass is 9.70. The second kappa shape index (κ2) is 6.71. The van der Waals surface area contributed by atoms with Crippen LogP contribution in [0.2, 0.25) is 0 Å². The summed E-state index contributed by atoms with van der Waals surface area (Å²) >= 11 is 0. The third-order valence-electron chi connectivity index (χ3n) is 11.0. The average molecular weight is 401 g/mol. The van der Waals surface area contributed by atoms with Gasteiger partial charge in [-0.15, -0.1) is 0 Å². The van der Waals surface area contributed by atoms with Crippen LogP contribution in [0, 0.1) is 53.3 Å². The molecular formula is C26H40O3. The van der Waals surface area contributed by atoms with Gasteiger partial charge in [0.1, 0.15) is 5.60 Å². The Hall–Kier alpha value is -0.570. The van der Waals surface area contributed by atoms with Crippen LogP contribution < -0.4 is 0 Å². The summed E-state index contributed by atoms with van der Waals surface area (Å²) in [5.41, 5.74) is -0.153. The normalized spacial score (nSPS) is 56.7. The second-order valence-electron chi connectivity index (χ2n) is 11.6. The zero-order valence-electron chi connectivity index (χ0n) is 18.6. The third kappa shape index (κ3) is 2.49. The molecule has 0 spiro atoms. The van der Waals surface area contributed by atoms with E-state index in [1.165, 1.54) is 44.9 Å². The number of esters is 1. The molecule has 4 bridgehead atoms. The minimum atomic E-state index is -0.153. The van der Waals surface area contributed by atoms with Crippen LogP contribution in [0.1, 0.15) is 85.0 Å². The summed E-state index contributed by atoms with van der Waals surface area (Å²) in [6.45, 7) is 6.94. The minimum Gasteiger partial charge on any atom is -0.458 e. The first-order valence-electron chi connectivity index (χ1n) is 13.0. The molecule has 162 valence electrons. The fraction of sp³-hybridized carbons (Fsp3) is 0.962. The zero-order chi connectivity index (χ0) is 19.9. The van der Waals surface area contributed by atoms with Crippen LogP contribution in [-0.2, 0) is 14.3 Å². The minimum absolute atomic E-state index is 0.00725. The second-order valence-corrected chi connectivity index (χ2v) is 11.6. The van der Waals surface area contributed by atoms with E-state index in [2.05, 4.69) is 20.8 Å². The lowest BCUT2D eigenvalue weighted by molar-refractivity contribution is -0.178. The molecule has 6 aliphatic rings. The summed E-state index contributed by atoms with van der Waals surface area (Å²) < 4.78 is 13.1. The lowest BCUT2D eigenvalue weighted by Gasteiger charge is -2.43. The topological polar surface area (TPSA) is 35.5 Å². The highest BCUT2D eigenvalue weighted by Gasteiger charge is 2.65. The number of carbonyl (C=O) groups is 1. The van der Waals surface area contributed by atoms with E-state index in [1.807, 2.05) is 0 Å². The number of hydrogen-bond donors (Lipinski definition) is 0. The van der Waals surface area contributed by atoms with Gasteiger partial charge in [0, 0.05) is 5.92 Å². The Morgan fingerprint density at radius 2 is 1.76 bits per heavy atom. The van der Waals surface area contributed by atoms with E-state index < -0.39 is 0 Å². The Balaban J connectivity index is 1.20. The summed E-state index contributed by atoms with van der Waals surface area (Å²) in [4.78, 5) is 13.6. The maximum Gasteiger partial charge on any atom is 0.312 e. The van der Waals surface area contributed by atoms with E-state index in [0.29, 0.717) is 23.9 Å². The Morgan fingerprint density at radius 3 is 2.52 bits per heavy atom. The number of rotatable bonds is 5. The summed E-state index contributed by atoms with van der Waals surface area (Å²) in [5, 5.41) is 0. The van der Waals surface area contributed by atoms with E-state index >= 15 is 0 Å². The van der Waals surface area contributed by atoms with Gasteiger partial charge < -0.3 is 9.47 Å². The SMILES string of the molecule is CCC1CC(CC)C2C3OC(CC3C(=O)OC3(CC)CC4CC3C3CCCC43)C12. The van der Waals surface area contributed by atoms with Gasteiger partial charge in [-0.25, -0.2) is 0 Å². The van der Waals surface area contributed by atoms with Crippen molar-refractivity contribution in [1.82, 2.24) is 0 Å². The standard InChI is InChI=1S/C26H40O3/c1-4-14-10-15(5-2)23-22(14)21-12-19(24(23)28-21)25(27)29-26(6-3)13-16-11-20(26)18-9-7-8-17(16)18/h14-24H,4-13H2,1-3H3. The van der Waals surface area contributed by atoms with Crippen molar-refractivity contribution in [1.29, 1.82) is 0 Å². The van der Waals surface area contributed by atoms with Crippen LogP contribution in [0.5, 0.6) is 0 Å². The first-order valence-corrected chi connectivity index (χ1v) is 13.0. The predicted octanol–water partition coefficient (Wildman–Crippen LogP) is 5.61. The molecule has 2 heterocycles. The Labute approximate surface area is 176 Å². The van der Waals surface area contributed by atoms with Gasteiger partial charge in [-0.05, 0) is 86.4 Å². The van der Waals surface area contributed by atoms with Gasteiger partial charge in [0.05, 0.1) is 18.1 Å². The highest BCUT2D eigenvalue weighted by molar-refractivity contribution is 5.74. The Morgan fingerprint density at radius 1 is 1.00 bits per heavy atom. The first-order chi connectivity index (χ1) is 14.1. The van der Waals surface area contributed by atoms with Crippen molar-refractivity contribution < 1.29 is 14.3 Å². The van der Waals surface area contributed by atoms with Crippen LogP contribution in [0.25, 0.3) is 0 Å². The van der Waals surface area contributed by atoms with Crippen molar-refractivity contribution >= 4 is 5.97 Å². The number of fused-ring (bicyclic) bond motifs is 10. The molecular weight excluding hydrogens is 360 g/mol.